The molecule has 0 spiro atoms. The van der Waals surface area contributed by atoms with Crippen molar-refractivity contribution in [1.29, 1.82) is 0 Å². The van der Waals surface area contributed by atoms with Gasteiger partial charge in [-0.25, -0.2) is 0 Å². The van der Waals surface area contributed by atoms with Crippen LogP contribution >= 0.6 is 0 Å². The number of aliphatic hydroxyl groups is 1. The van der Waals surface area contributed by atoms with E-state index in [1.54, 1.807) is 13.2 Å². The van der Waals surface area contributed by atoms with Crippen molar-refractivity contribution in [3.8, 4) is 5.75 Å². The van der Waals surface area contributed by atoms with Crippen molar-refractivity contribution in [2.75, 3.05) is 20.3 Å². The minimum Gasteiger partial charge on any atom is -0.507 e. The van der Waals surface area contributed by atoms with Crippen LogP contribution in [0.25, 0.3) is 16.5 Å². The number of aliphatic hydroxyl groups excluding tert-OH is 1. The summed E-state index contributed by atoms with van der Waals surface area (Å²) < 4.78 is 11.2. The van der Waals surface area contributed by atoms with E-state index in [9.17, 15) is 14.7 Å². The van der Waals surface area contributed by atoms with Crippen molar-refractivity contribution >= 4 is 28.2 Å². The van der Waals surface area contributed by atoms with Crippen molar-refractivity contribution in [2.24, 2.45) is 0 Å². The Labute approximate surface area is 215 Å². The number of hydrogen-bond acceptors (Lipinski definition) is 5. The van der Waals surface area contributed by atoms with E-state index in [4.69, 9.17) is 9.47 Å². The van der Waals surface area contributed by atoms with Gasteiger partial charge in [0.1, 0.15) is 18.1 Å². The van der Waals surface area contributed by atoms with Crippen LogP contribution in [0.4, 0.5) is 0 Å². The van der Waals surface area contributed by atoms with Crippen LogP contribution < -0.4 is 4.74 Å². The van der Waals surface area contributed by atoms with Crippen LogP contribution in [-0.2, 0) is 20.9 Å². The Morgan fingerprint density at radius 1 is 0.892 bits per heavy atom. The fourth-order valence-corrected chi connectivity index (χ4v) is 4.74. The first-order valence-corrected chi connectivity index (χ1v) is 12.1. The SMILES string of the molecule is COCCN1C(=O)C(=O)/C(=C(\O)c2cccc3ccccc23)C1c1cccc(OCc2ccccc2)c1. The summed E-state index contributed by atoms with van der Waals surface area (Å²) in [4.78, 5) is 27.9. The maximum Gasteiger partial charge on any atom is 0.295 e. The van der Waals surface area contributed by atoms with E-state index in [2.05, 4.69) is 0 Å². The standard InChI is InChI=1S/C31H27NO5/c1-36-18-17-32-28(23-13-7-14-24(19-23)37-20-21-9-3-2-4-10-21)27(30(34)31(32)35)29(33)26-16-8-12-22-11-5-6-15-25(22)26/h2-16,19,28,33H,17-18,20H2,1H3/b29-27-. The molecule has 1 amide bonds. The van der Waals surface area contributed by atoms with Gasteiger partial charge in [-0.05, 0) is 34.0 Å². The zero-order valence-corrected chi connectivity index (χ0v) is 20.5. The third-order valence-electron chi connectivity index (χ3n) is 6.54. The number of ether oxygens (including phenoxy) is 2. The first-order chi connectivity index (χ1) is 18.1. The lowest BCUT2D eigenvalue weighted by Crippen LogP contribution is -2.32. The van der Waals surface area contributed by atoms with E-state index in [1.807, 2.05) is 91.0 Å². The van der Waals surface area contributed by atoms with Crippen LogP contribution in [-0.4, -0.2) is 42.0 Å². The van der Waals surface area contributed by atoms with E-state index in [0.717, 1.165) is 16.3 Å². The van der Waals surface area contributed by atoms with Gasteiger partial charge in [0.05, 0.1) is 18.2 Å². The molecule has 0 aliphatic carbocycles. The number of rotatable bonds is 8. The van der Waals surface area contributed by atoms with E-state index in [1.165, 1.54) is 4.90 Å². The molecule has 6 nitrogen and oxygen atoms in total. The lowest BCUT2D eigenvalue weighted by Gasteiger charge is -2.25. The predicted molar refractivity (Wildman–Crippen MR) is 142 cm³/mol. The van der Waals surface area contributed by atoms with Crippen molar-refractivity contribution in [3.63, 3.8) is 0 Å². The summed E-state index contributed by atoms with van der Waals surface area (Å²) in [5.41, 5.74) is 2.25. The molecule has 0 aromatic heterocycles. The maximum absolute atomic E-state index is 13.3. The highest BCUT2D eigenvalue weighted by Gasteiger charge is 2.46. The number of carbonyl (C=O) groups is 2. The van der Waals surface area contributed by atoms with E-state index >= 15 is 0 Å². The number of ketones is 1. The average molecular weight is 494 g/mol. The summed E-state index contributed by atoms with van der Waals surface area (Å²) in [6, 6.07) is 29.5. The molecule has 0 bridgehead atoms. The van der Waals surface area contributed by atoms with Crippen molar-refractivity contribution in [3.05, 3.63) is 119 Å². The van der Waals surface area contributed by atoms with Gasteiger partial charge in [0.15, 0.2) is 0 Å². The van der Waals surface area contributed by atoms with Gasteiger partial charge in [-0.3, -0.25) is 9.59 Å². The van der Waals surface area contributed by atoms with Gasteiger partial charge in [0, 0.05) is 19.2 Å². The highest BCUT2D eigenvalue weighted by Crippen LogP contribution is 2.41. The number of hydrogen-bond donors (Lipinski definition) is 1. The van der Waals surface area contributed by atoms with Gasteiger partial charge < -0.3 is 19.5 Å². The topological polar surface area (TPSA) is 76.1 Å². The maximum atomic E-state index is 13.3. The molecule has 0 saturated carbocycles. The van der Waals surface area contributed by atoms with Gasteiger partial charge in [-0.2, -0.15) is 0 Å². The average Bonchev–Trinajstić information content (AvgIpc) is 3.20. The first kappa shape index (κ1) is 24.3. The second-order valence-corrected chi connectivity index (χ2v) is 8.86. The number of nitrogens with zero attached hydrogens (tertiary/aromatic N) is 1. The molecule has 1 fully saturated rings. The number of Topliss-reactive ketones (excluding diaryl/α,β-unsaturated/α-hetero) is 1. The monoisotopic (exact) mass is 493 g/mol. The molecule has 1 aliphatic heterocycles. The lowest BCUT2D eigenvalue weighted by molar-refractivity contribution is -0.140. The Kier molecular flexibility index (Phi) is 7.01. The van der Waals surface area contributed by atoms with Crippen molar-refractivity contribution in [1.82, 2.24) is 4.90 Å². The number of likely N-dealkylation sites (tertiary alicyclic amines) is 1. The zero-order chi connectivity index (χ0) is 25.8. The number of benzene rings is 4. The van der Waals surface area contributed by atoms with Gasteiger partial charge in [-0.1, -0.05) is 84.9 Å². The van der Waals surface area contributed by atoms with Crippen LogP contribution in [0, 0.1) is 0 Å². The number of carbonyl (C=O) groups excluding carboxylic acids is 2. The van der Waals surface area contributed by atoms with E-state index in [0.29, 0.717) is 23.5 Å². The summed E-state index contributed by atoms with van der Waals surface area (Å²) in [5.74, 6) is -0.985. The van der Waals surface area contributed by atoms with Crippen LogP contribution in [0.1, 0.15) is 22.7 Å². The molecule has 0 radical (unpaired) electrons. The molecule has 186 valence electrons. The summed E-state index contributed by atoms with van der Waals surface area (Å²) in [5, 5.41) is 13.2. The Hall–Kier alpha value is -4.42. The molecule has 1 N–H and O–H groups in total. The molecule has 1 aliphatic rings. The number of methoxy groups -OCH3 is 1. The normalized spacial score (nSPS) is 16.9. The highest BCUT2D eigenvalue weighted by atomic mass is 16.5. The second kappa shape index (κ2) is 10.7. The summed E-state index contributed by atoms with van der Waals surface area (Å²) >= 11 is 0. The molecular formula is C31H27NO5. The zero-order valence-electron chi connectivity index (χ0n) is 20.5. The van der Waals surface area contributed by atoms with Gasteiger partial charge in [0.2, 0.25) is 0 Å². The number of amides is 1. The lowest BCUT2D eigenvalue weighted by atomic mass is 9.93. The van der Waals surface area contributed by atoms with Gasteiger partial charge in [-0.15, -0.1) is 0 Å². The molecule has 1 unspecified atom stereocenters. The highest BCUT2D eigenvalue weighted by molar-refractivity contribution is 6.46. The quantitative estimate of drug-likeness (QED) is 0.200. The van der Waals surface area contributed by atoms with Gasteiger partial charge >= 0.3 is 0 Å². The second-order valence-electron chi connectivity index (χ2n) is 8.86. The number of fused-ring (bicyclic) bond motifs is 1. The molecule has 6 heteroatoms. The Morgan fingerprint density at radius 3 is 2.43 bits per heavy atom. The molecule has 5 rings (SSSR count). The molecule has 4 aromatic rings. The Bertz CT molecular complexity index is 1470. The van der Waals surface area contributed by atoms with Crippen LogP contribution in [0.3, 0.4) is 0 Å². The predicted octanol–water partition coefficient (Wildman–Crippen LogP) is 5.49. The molecule has 1 saturated heterocycles. The minimum atomic E-state index is -0.783. The van der Waals surface area contributed by atoms with Crippen LogP contribution in [0.5, 0.6) is 5.75 Å². The first-order valence-electron chi connectivity index (χ1n) is 12.1. The van der Waals surface area contributed by atoms with Crippen molar-refractivity contribution < 1.29 is 24.2 Å². The third kappa shape index (κ3) is 4.84. The molecule has 1 atom stereocenters. The van der Waals surface area contributed by atoms with Crippen molar-refractivity contribution in [2.45, 2.75) is 12.6 Å². The Morgan fingerprint density at radius 2 is 1.62 bits per heavy atom. The molecule has 37 heavy (non-hydrogen) atoms. The fourth-order valence-electron chi connectivity index (χ4n) is 4.74. The summed E-state index contributed by atoms with van der Waals surface area (Å²) in [6.07, 6.45) is 0. The van der Waals surface area contributed by atoms with Crippen LogP contribution in [0.2, 0.25) is 0 Å². The molecule has 1 heterocycles. The minimum absolute atomic E-state index is 0.0534. The fraction of sp³-hybridized carbons (Fsp3) is 0.161. The third-order valence-corrected chi connectivity index (χ3v) is 6.54. The molecular weight excluding hydrogens is 466 g/mol. The molecule has 4 aromatic carbocycles. The van der Waals surface area contributed by atoms with Gasteiger partial charge in [0.25, 0.3) is 11.7 Å². The van der Waals surface area contributed by atoms with E-state index < -0.39 is 17.7 Å². The smallest absolute Gasteiger partial charge is 0.295 e. The largest absolute Gasteiger partial charge is 0.507 e. The summed E-state index contributed by atoms with van der Waals surface area (Å²) in [7, 11) is 1.54. The Balaban J connectivity index is 1.59. The van der Waals surface area contributed by atoms with E-state index in [-0.39, 0.29) is 24.5 Å². The summed E-state index contributed by atoms with van der Waals surface area (Å²) in [6.45, 7) is 0.833. The van der Waals surface area contributed by atoms with Crippen LogP contribution in [0.15, 0.2) is 103 Å².